The van der Waals surface area contributed by atoms with E-state index in [1.807, 2.05) is 12.1 Å². The molecule has 0 amide bonds. The minimum absolute atomic E-state index is 0.561. The first-order valence-electron chi connectivity index (χ1n) is 9.43. The van der Waals surface area contributed by atoms with E-state index in [2.05, 4.69) is 47.1 Å². The molecule has 1 saturated heterocycles. The highest BCUT2D eigenvalue weighted by molar-refractivity contribution is 5.40. The molecule has 2 heterocycles. The highest BCUT2D eigenvalue weighted by Crippen LogP contribution is 2.31. The lowest BCUT2D eigenvalue weighted by Gasteiger charge is -2.48. The minimum atomic E-state index is 0.561. The summed E-state index contributed by atoms with van der Waals surface area (Å²) in [5.41, 5.74) is 4.25. The van der Waals surface area contributed by atoms with Crippen LogP contribution in [0.2, 0.25) is 0 Å². The van der Waals surface area contributed by atoms with Gasteiger partial charge in [0.2, 0.25) is 0 Å². The summed E-state index contributed by atoms with van der Waals surface area (Å²) in [6.45, 7) is 6.56. The number of nitrogens with zero attached hydrogens (tertiary/aromatic N) is 2. The first-order valence-corrected chi connectivity index (χ1v) is 9.43. The van der Waals surface area contributed by atoms with Gasteiger partial charge in [-0.3, -0.25) is 9.80 Å². The first-order chi connectivity index (χ1) is 12.7. The van der Waals surface area contributed by atoms with E-state index in [1.54, 1.807) is 14.2 Å². The van der Waals surface area contributed by atoms with Crippen molar-refractivity contribution in [3.8, 4) is 11.5 Å². The molecule has 1 unspecified atom stereocenters. The molecule has 2 aliphatic rings. The molecule has 26 heavy (non-hydrogen) atoms. The van der Waals surface area contributed by atoms with Gasteiger partial charge in [-0.15, -0.1) is 0 Å². The van der Waals surface area contributed by atoms with Gasteiger partial charge >= 0.3 is 0 Å². The fourth-order valence-electron chi connectivity index (χ4n) is 4.50. The van der Waals surface area contributed by atoms with Gasteiger partial charge < -0.3 is 9.47 Å². The maximum Gasteiger partial charge on any atom is 0.127 e. The third-order valence-corrected chi connectivity index (χ3v) is 5.84. The SMILES string of the molecule is COc1ccc(CN2CC(C)N3Cc4ccccc4C[C@@H]3C2)c(OC)c1. The van der Waals surface area contributed by atoms with Crippen LogP contribution in [-0.4, -0.2) is 49.2 Å². The van der Waals surface area contributed by atoms with Crippen LogP contribution in [-0.2, 0) is 19.5 Å². The average Bonchev–Trinajstić information content (AvgIpc) is 2.67. The second kappa shape index (κ2) is 7.29. The van der Waals surface area contributed by atoms with Crippen molar-refractivity contribution in [1.29, 1.82) is 0 Å². The summed E-state index contributed by atoms with van der Waals surface area (Å²) in [6.07, 6.45) is 1.15. The topological polar surface area (TPSA) is 24.9 Å². The zero-order chi connectivity index (χ0) is 18.1. The highest BCUT2D eigenvalue weighted by Gasteiger charge is 2.35. The van der Waals surface area contributed by atoms with Crippen molar-refractivity contribution in [3.63, 3.8) is 0 Å². The third-order valence-electron chi connectivity index (χ3n) is 5.84. The molecular weight excluding hydrogens is 324 g/mol. The van der Waals surface area contributed by atoms with E-state index in [0.717, 1.165) is 44.1 Å². The van der Waals surface area contributed by atoms with Crippen LogP contribution in [0.4, 0.5) is 0 Å². The van der Waals surface area contributed by atoms with Crippen LogP contribution < -0.4 is 9.47 Å². The van der Waals surface area contributed by atoms with E-state index in [9.17, 15) is 0 Å². The predicted molar refractivity (Wildman–Crippen MR) is 104 cm³/mol. The first kappa shape index (κ1) is 17.4. The van der Waals surface area contributed by atoms with Gasteiger partial charge in [0.25, 0.3) is 0 Å². The molecule has 4 heteroatoms. The van der Waals surface area contributed by atoms with Crippen molar-refractivity contribution in [2.75, 3.05) is 27.3 Å². The zero-order valence-corrected chi connectivity index (χ0v) is 15.9. The number of ether oxygens (including phenoxy) is 2. The van der Waals surface area contributed by atoms with Gasteiger partial charge in [-0.1, -0.05) is 30.3 Å². The zero-order valence-electron chi connectivity index (χ0n) is 15.9. The third kappa shape index (κ3) is 3.31. The van der Waals surface area contributed by atoms with Crippen molar-refractivity contribution >= 4 is 0 Å². The largest absolute Gasteiger partial charge is 0.497 e. The second-order valence-corrected chi connectivity index (χ2v) is 7.52. The maximum atomic E-state index is 5.59. The maximum absolute atomic E-state index is 5.59. The lowest BCUT2D eigenvalue weighted by atomic mass is 9.90. The van der Waals surface area contributed by atoms with Crippen molar-refractivity contribution < 1.29 is 9.47 Å². The van der Waals surface area contributed by atoms with E-state index >= 15 is 0 Å². The number of hydrogen-bond donors (Lipinski definition) is 0. The second-order valence-electron chi connectivity index (χ2n) is 7.52. The number of benzene rings is 2. The number of piperazine rings is 1. The minimum Gasteiger partial charge on any atom is -0.497 e. The summed E-state index contributed by atoms with van der Waals surface area (Å²) in [5, 5.41) is 0. The van der Waals surface area contributed by atoms with Gasteiger partial charge in [-0.25, -0.2) is 0 Å². The summed E-state index contributed by atoms with van der Waals surface area (Å²) in [6, 6.07) is 16.2. The quantitative estimate of drug-likeness (QED) is 0.843. The van der Waals surface area contributed by atoms with Gasteiger partial charge in [0.1, 0.15) is 11.5 Å². The van der Waals surface area contributed by atoms with Crippen LogP contribution in [0.3, 0.4) is 0 Å². The number of hydrogen-bond acceptors (Lipinski definition) is 4. The van der Waals surface area contributed by atoms with Crippen molar-refractivity contribution in [2.24, 2.45) is 0 Å². The summed E-state index contributed by atoms with van der Waals surface area (Å²) < 4.78 is 10.9. The van der Waals surface area contributed by atoms with Gasteiger partial charge in [0.15, 0.2) is 0 Å². The molecule has 4 nitrogen and oxygen atoms in total. The predicted octanol–water partition coefficient (Wildman–Crippen LogP) is 3.33. The number of fused-ring (bicyclic) bond motifs is 2. The molecule has 0 bridgehead atoms. The molecule has 0 aliphatic carbocycles. The van der Waals surface area contributed by atoms with Crippen LogP contribution in [0, 0.1) is 0 Å². The normalized spacial score (nSPS) is 23.2. The molecule has 2 aromatic carbocycles. The van der Waals surface area contributed by atoms with Gasteiger partial charge in [-0.2, -0.15) is 0 Å². The van der Waals surface area contributed by atoms with Crippen molar-refractivity contribution in [2.45, 2.75) is 38.5 Å². The lowest BCUT2D eigenvalue weighted by molar-refractivity contribution is 0.0140. The Bertz CT molecular complexity index is 776. The molecule has 2 aliphatic heterocycles. The Kier molecular flexibility index (Phi) is 4.88. The molecule has 0 N–H and O–H groups in total. The van der Waals surface area contributed by atoms with Crippen molar-refractivity contribution in [3.05, 3.63) is 59.2 Å². The van der Waals surface area contributed by atoms with Crippen LogP contribution in [0.25, 0.3) is 0 Å². The summed E-state index contributed by atoms with van der Waals surface area (Å²) >= 11 is 0. The Balaban J connectivity index is 1.51. The Labute approximate surface area is 156 Å². The molecular formula is C22H28N2O2. The molecule has 2 atom stereocenters. The number of methoxy groups -OCH3 is 2. The van der Waals surface area contributed by atoms with E-state index < -0.39 is 0 Å². The standard InChI is InChI=1S/C22H28N2O2/c1-16-12-23(13-19-8-9-21(25-2)11-22(19)26-3)15-20-10-17-6-4-5-7-18(17)14-24(16)20/h4-9,11,16,20H,10,12-15H2,1-3H3/t16?,20-/m1/s1. The molecule has 1 fully saturated rings. The van der Waals surface area contributed by atoms with Crippen molar-refractivity contribution in [1.82, 2.24) is 9.80 Å². The van der Waals surface area contributed by atoms with Crippen LogP contribution in [0.5, 0.6) is 11.5 Å². The van der Waals surface area contributed by atoms with Crippen LogP contribution in [0.15, 0.2) is 42.5 Å². The summed E-state index contributed by atoms with van der Waals surface area (Å²) in [4.78, 5) is 5.26. The van der Waals surface area contributed by atoms with Gasteiger partial charge in [0, 0.05) is 49.9 Å². The molecule has 138 valence electrons. The molecule has 0 spiro atoms. The Morgan fingerprint density at radius 2 is 1.81 bits per heavy atom. The fraction of sp³-hybridized carbons (Fsp3) is 0.455. The Hall–Kier alpha value is -2.04. The molecule has 2 aromatic rings. The Morgan fingerprint density at radius 1 is 1.00 bits per heavy atom. The molecule has 0 aromatic heterocycles. The molecule has 0 radical (unpaired) electrons. The monoisotopic (exact) mass is 352 g/mol. The molecule has 4 rings (SSSR count). The smallest absolute Gasteiger partial charge is 0.127 e. The molecule has 0 saturated carbocycles. The van der Waals surface area contributed by atoms with Crippen LogP contribution in [0.1, 0.15) is 23.6 Å². The lowest BCUT2D eigenvalue weighted by Crippen LogP contribution is -2.59. The van der Waals surface area contributed by atoms with E-state index in [-0.39, 0.29) is 0 Å². The van der Waals surface area contributed by atoms with E-state index in [0.29, 0.717) is 12.1 Å². The number of rotatable bonds is 4. The van der Waals surface area contributed by atoms with E-state index in [1.165, 1.54) is 16.7 Å². The summed E-state index contributed by atoms with van der Waals surface area (Å²) in [5.74, 6) is 1.75. The average molecular weight is 352 g/mol. The Morgan fingerprint density at radius 3 is 2.58 bits per heavy atom. The highest BCUT2D eigenvalue weighted by atomic mass is 16.5. The van der Waals surface area contributed by atoms with Crippen LogP contribution >= 0.6 is 0 Å². The van der Waals surface area contributed by atoms with E-state index in [4.69, 9.17) is 9.47 Å². The fourth-order valence-corrected chi connectivity index (χ4v) is 4.50. The van der Waals surface area contributed by atoms with Gasteiger partial charge in [0.05, 0.1) is 14.2 Å². The van der Waals surface area contributed by atoms with Gasteiger partial charge in [-0.05, 0) is 30.5 Å². The summed E-state index contributed by atoms with van der Waals surface area (Å²) in [7, 11) is 3.42.